The number of hydrogen-bond acceptors (Lipinski definition) is 9. The third-order valence-electron chi connectivity index (χ3n) is 9.59. The monoisotopic (exact) mass is 679 g/mol. The summed E-state index contributed by atoms with van der Waals surface area (Å²) in [5.41, 5.74) is 11.4. The Hall–Kier alpha value is -4.78. The third-order valence-corrected chi connectivity index (χ3v) is 9.59. The smallest absolute Gasteiger partial charge is 0.320 e. The lowest BCUT2D eigenvalue weighted by atomic mass is 9.85. The zero-order valence-electron chi connectivity index (χ0n) is 29.6. The van der Waals surface area contributed by atoms with Crippen molar-refractivity contribution in [3.05, 3.63) is 101 Å². The van der Waals surface area contributed by atoms with Crippen molar-refractivity contribution in [1.82, 2.24) is 35.0 Å². The van der Waals surface area contributed by atoms with Gasteiger partial charge in [0, 0.05) is 42.9 Å². The Bertz CT molecular complexity index is 1860. The summed E-state index contributed by atoms with van der Waals surface area (Å²) < 4.78 is 8.61. The number of likely N-dealkylation sites (N-methyl/N-ethyl adjacent to an activating group) is 1. The predicted octanol–water partition coefficient (Wildman–Crippen LogP) is 5.02. The fourth-order valence-electron chi connectivity index (χ4n) is 6.36. The molecule has 2 aromatic carbocycles. The van der Waals surface area contributed by atoms with Crippen LogP contribution >= 0.6 is 0 Å². The van der Waals surface area contributed by atoms with E-state index < -0.39 is 0 Å². The quantitative estimate of drug-likeness (QED) is 0.150. The standard InChI is InChI=1S/C38H49N9O3/c1-25-10-12-26(13-11-25)40-34(20-33(39)38(2,3)4)42-37(49)41-31-15-16-32(30-9-7-6-8-29(30)31)50-28-14-17-35-43-44-36(47(35)22-28)23-46-19-18-45(5)27(21-46)24-48/h6-14,17,20,22,27,31-32,48H,15-16,18-19,21,23-24,39H2,1-5H3,(H2,40,41,42,49)/t27?,31-,32+/m0/s1. The Labute approximate surface area is 294 Å². The van der Waals surface area contributed by atoms with E-state index in [0.717, 1.165) is 53.5 Å². The molecule has 3 heterocycles. The molecule has 12 heteroatoms. The van der Waals surface area contributed by atoms with Gasteiger partial charge < -0.3 is 20.9 Å². The number of hydrogen-bond donors (Lipinski definition) is 4. The lowest BCUT2D eigenvalue weighted by Gasteiger charge is -2.38. The van der Waals surface area contributed by atoms with Crippen molar-refractivity contribution in [3.8, 4) is 5.75 Å². The van der Waals surface area contributed by atoms with Crippen LogP contribution in [-0.2, 0) is 6.54 Å². The molecule has 264 valence electrons. The number of aromatic nitrogens is 3. The molecule has 0 radical (unpaired) electrons. The fraction of sp³-hybridized carbons (Fsp3) is 0.421. The van der Waals surface area contributed by atoms with Crippen LogP contribution in [0.15, 0.2) is 83.6 Å². The van der Waals surface area contributed by atoms with E-state index >= 15 is 0 Å². The van der Waals surface area contributed by atoms with E-state index in [2.05, 4.69) is 36.7 Å². The number of aliphatic imine (C=N–C) groups is 1. The molecule has 0 spiro atoms. The van der Waals surface area contributed by atoms with E-state index in [-0.39, 0.29) is 36.2 Å². The van der Waals surface area contributed by atoms with Gasteiger partial charge in [-0.3, -0.25) is 19.5 Å². The van der Waals surface area contributed by atoms with Gasteiger partial charge in [0.15, 0.2) is 11.5 Å². The molecule has 1 saturated heterocycles. The Morgan fingerprint density at radius 1 is 1.06 bits per heavy atom. The Morgan fingerprint density at radius 2 is 1.82 bits per heavy atom. The zero-order chi connectivity index (χ0) is 35.4. The number of amidine groups is 1. The molecular formula is C38H49N9O3. The number of ether oxygens (including phenoxy) is 1. The summed E-state index contributed by atoms with van der Waals surface area (Å²) in [6, 6.07) is 19.3. The van der Waals surface area contributed by atoms with Crippen molar-refractivity contribution in [3.63, 3.8) is 0 Å². The van der Waals surface area contributed by atoms with Gasteiger partial charge in [0.05, 0.1) is 31.1 Å². The average Bonchev–Trinajstić information content (AvgIpc) is 3.48. The van der Waals surface area contributed by atoms with Crippen molar-refractivity contribution in [2.75, 3.05) is 33.3 Å². The predicted molar refractivity (Wildman–Crippen MR) is 195 cm³/mol. The van der Waals surface area contributed by atoms with Crippen molar-refractivity contribution in [2.24, 2.45) is 16.1 Å². The minimum Gasteiger partial charge on any atom is -0.484 e. The van der Waals surface area contributed by atoms with Gasteiger partial charge in [-0.25, -0.2) is 9.79 Å². The second-order valence-corrected chi connectivity index (χ2v) is 14.4. The highest BCUT2D eigenvalue weighted by Crippen LogP contribution is 2.39. The molecule has 2 aliphatic rings. The van der Waals surface area contributed by atoms with Crippen LogP contribution in [-0.4, -0.2) is 80.7 Å². The molecule has 1 aliphatic carbocycles. The van der Waals surface area contributed by atoms with Gasteiger partial charge in [-0.15, -0.1) is 10.2 Å². The molecule has 1 unspecified atom stereocenters. The molecule has 0 bridgehead atoms. The Balaban J connectivity index is 1.16. The van der Waals surface area contributed by atoms with Crippen LogP contribution < -0.4 is 21.1 Å². The number of urea groups is 1. The lowest BCUT2D eigenvalue weighted by Crippen LogP contribution is -2.52. The number of nitrogens with zero attached hydrogens (tertiary/aromatic N) is 6. The van der Waals surface area contributed by atoms with E-state index in [4.69, 9.17) is 15.5 Å². The van der Waals surface area contributed by atoms with Crippen LogP contribution in [0.5, 0.6) is 5.75 Å². The van der Waals surface area contributed by atoms with Gasteiger partial charge in [-0.2, -0.15) is 0 Å². The average molecular weight is 680 g/mol. The van der Waals surface area contributed by atoms with Crippen LogP contribution in [0.1, 0.15) is 68.3 Å². The van der Waals surface area contributed by atoms with Crippen molar-refractivity contribution < 1.29 is 14.6 Å². The molecule has 2 aromatic heterocycles. The summed E-state index contributed by atoms with van der Waals surface area (Å²) in [5.74, 6) is 1.92. The number of piperazine rings is 1. The van der Waals surface area contributed by atoms with Crippen molar-refractivity contribution >= 4 is 23.2 Å². The van der Waals surface area contributed by atoms with Gasteiger partial charge in [0.2, 0.25) is 0 Å². The number of nitrogens with two attached hydrogens (primary N) is 1. The first kappa shape index (κ1) is 35.1. The van der Waals surface area contributed by atoms with Crippen LogP contribution in [0.4, 0.5) is 10.5 Å². The molecule has 0 saturated carbocycles. The first-order valence-corrected chi connectivity index (χ1v) is 17.3. The first-order valence-electron chi connectivity index (χ1n) is 17.3. The molecule has 4 aromatic rings. The second-order valence-electron chi connectivity index (χ2n) is 14.4. The highest BCUT2D eigenvalue weighted by Gasteiger charge is 2.30. The van der Waals surface area contributed by atoms with E-state index in [0.29, 0.717) is 36.7 Å². The maximum atomic E-state index is 13.5. The molecular weight excluding hydrogens is 630 g/mol. The number of carbonyl (C=O) groups excluding carboxylic acids is 1. The van der Waals surface area contributed by atoms with E-state index in [1.165, 1.54) is 0 Å². The highest BCUT2D eigenvalue weighted by molar-refractivity contribution is 6.05. The zero-order valence-corrected chi connectivity index (χ0v) is 29.6. The summed E-state index contributed by atoms with van der Waals surface area (Å²) in [4.78, 5) is 22.7. The second kappa shape index (κ2) is 15.0. The number of aliphatic hydroxyl groups is 1. The van der Waals surface area contributed by atoms with Crippen molar-refractivity contribution in [2.45, 2.75) is 65.3 Å². The molecule has 3 atom stereocenters. The molecule has 50 heavy (non-hydrogen) atoms. The fourth-order valence-corrected chi connectivity index (χ4v) is 6.36. The summed E-state index contributed by atoms with van der Waals surface area (Å²) in [7, 11) is 2.05. The molecule has 5 N–H and O–H groups in total. The number of carbonyl (C=O) groups is 1. The number of pyridine rings is 1. The molecule has 1 aliphatic heterocycles. The largest absolute Gasteiger partial charge is 0.484 e. The van der Waals surface area contributed by atoms with Gasteiger partial charge in [-0.05, 0) is 62.2 Å². The SMILES string of the molecule is Cc1ccc(N=C(C=C(N)C(C)(C)C)NC(=O)N[C@H]2CC[C@@H](Oc3ccc4nnc(CN5CCN(C)C(CO)C5)n4c3)c3ccccc32)cc1. The number of nitrogens with one attached hydrogen (secondary N) is 2. The number of aliphatic hydroxyl groups excluding tert-OH is 1. The van der Waals surface area contributed by atoms with E-state index in [1.807, 2.05) is 99.9 Å². The maximum Gasteiger partial charge on any atom is 0.320 e. The number of benzene rings is 2. The molecule has 2 amide bonds. The van der Waals surface area contributed by atoms with Crippen LogP contribution in [0.3, 0.4) is 0 Å². The number of rotatable bonds is 8. The third kappa shape index (κ3) is 8.32. The van der Waals surface area contributed by atoms with Gasteiger partial charge in [0.25, 0.3) is 0 Å². The highest BCUT2D eigenvalue weighted by atomic mass is 16.5. The Morgan fingerprint density at radius 3 is 2.56 bits per heavy atom. The number of aryl methyl sites for hydroxylation is 1. The van der Waals surface area contributed by atoms with Gasteiger partial charge in [-0.1, -0.05) is 62.7 Å². The number of fused-ring (bicyclic) bond motifs is 2. The minimum absolute atomic E-state index is 0.107. The molecule has 6 rings (SSSR count). The summed E-state index contributed by atoms with van der Waals surface area (Å²) in [5, 5.41) is 24.8. The van der Waals surface area contributed by atoms with E-state index in [1.54, 1.807) is 6.08 Å². The van der Waals surface area contributed by atoms with Crippen molar-refractivity contribution in [1.29, 1.82) is 0 Å². The van der Waals surface area contributed by atoms with Crippen LogP contribution in [0.25, 0.3) is 5.65 Å². The molecule has 1 fully saturated rings. The minimum atomic E-state index is -0.357. The first-order chi connectivity index (χ1) is 24.0. The summed E-state index contributed by atoms with van der Waals surface area (Å²) in [6.45, 7) is 11.4. The summed E-state index contributed by atoms with van der Waals surface area (Å²) >= 11 is 0. The maximum absolute atomic E-state index is 13.5. The number of amides is 2. The van der Waals surface area contributed by atoms with E-state index in [9.17, 15) is 9.90 Å². The van der Waals surface area contributed by atoms with Gasteiger partial charge >= 0.3 is 6.03 Å². The lowest BCUT2D eigenvalue weighted by molar-refractivity contribution is 0.0526. The van der Waals surface area contributed by atoms with Crippen LogP contribution in [0, 0.1) is 12.3 Å². The summed E-state index contributed by atoms with van der Waals surface area (Å²) in [6.07, 6.45) is 4.89. The number of allylic oxidation sites excluding steroid dienone is 1. The topological polar surface area (TPSA) is 146 Å². The molecule has 12 nitrogen and oxygen atoms in total. The normalized spacial score (nSPS) is 20.8. The Kier molecular flexibility index (Phi) is 10.5. The van der Waals surface area contributed by atoms with Gasteiger partial charge in [0.1, 0.15) is 17.7 Å². The van der Waals surface area contributed by atoms with Crippen LogP contribution in [0.2, 0.25) is 0 Å².